The second-order valence-electron chi connectivity index (χ2n) is 4.46. The molecule has 0 aliphatic heterocycles. The lowest BCUT2D eigenvalue weighted by atomic mass is 10.3. The zero-order valence-corrected chi connectivity index (χ0v) is 13.3. The highest BCUT2D eigenvalue weighted by atomic mass is 79.9. The number of sulfonamides is 1. The summed E-state index contributed by atoms with van der Waals surface area (Å²) < 4.78 is 32.3. The molecule has 0 radical (unpaired) electrons. The molecule has 0 saturated heterocycles. The van der Waals surface area contributed by atoms with Crippen molar-refractivity contribution in [3.05, 3.63) is 22.7 Å². The van der Waals surface area contributed by atoms with E-state index < -0.39 is 10.0 Å². The normalized spacial score (nSPS) is 14.9. The van der Waals surface area contributed by atoms with Crippen LogP contribution in [-0.2, 0) is 14.8 Å². The Morgan fingerprint density at radius 3 is 2.75 bits per heavy atom. The quantitative estimate of drug-likeness (QED) is 0.790. The summed E-state index contributed by atoms with van der Waals surface area (Å²) in [7, 11) is -2.41. The Labute approximate surface area is 126 Å². The van der Waals surface area contributed by atoms with Gasteiger partial charge in [0.25, 0.3) is 0 Å². The molecule has 1 aliphatic carbocycles. The number of hydrogen-bond acceptors (Lipinski definition) is 4. The number of rotatable bonds is 6. The van der Waals surface area contributed by atoms with E-state index in [1.165, 1.54) is 13.2 Å². The van der Waals surface area contributed by atoms with Crippen molar-refractivity contribution in [3.8, 4) is 5.75 Å². The molecular weight excluding hydrogens is 348 g/mol. The number of halogens is 1. The van der Waals surface area contributed by atoms with E-state index in [1.807, 2.05) is 0 Å². The predicted octanol–water partition coefficient (Wildman–Crippen LogP) is 1.01. The third kappa shape index (κ3) is 3.94. The maximum absolute atomic E-state index is 12.2. The van der Waals surface area contributed by atoms with E-state index in [1.54, 1.807) is 12.1 Å². The summed E-state index contributed by atoms with van der Waals surface area (Å²) in [5.41, 5.74) is 0. The zero-order valence-electron chi connectivity index (χ0n) is 10.8. The zero-order chi connectivity index (χ0) is 14.8. The largest absolute Gasteiger partial charge is 0.495 e. The molecule has 6 nitrogen and oxygen atoms in total. The average Bonchev–Trinajstić information content (AvgIpc) is 3.20. The second kappa shape index (κ2) is 6.11. The van der Waals surface area contributed by atoms with Gasteiger partial charge in [0.1, 0.15) is 10.6 Å². The van der Waals surface area contributed by atoms with E-state index in [9.17, 15) is 13.2 Å². The van der Waals surface area contributed by atoms with Crippen LogP contribution in [0.25, 0.3) is 0 Å². The Bertz CT molecular complexity index is 614. The third-order valence-electron chi connectivity index (χ3n) is 2.78. The van der Waals surface area contributed by atoms with Crippen molar-refractivity contribution in [1.29, 1.82) is 0 Å². The molecule has 0 heterocycles. The SMILES string of the molecule is COc1ccc(Br)cc1S(=O)(=O)NCC(=O)NC1CC1. The number of amides is 1. The van der Waals surface area contributed by atoms with E-state index in [0.29, 0.717) is 4.47 Å². The number of benzene rings is 1. The molecule has 1 aliphatic rings. The fraction of sp³-hybridized carbons (Fsp3) is 0.417. The lowest BCUT2D eigenvalue weighted by Gasteiger charge is -2.11. The van der Waals surface area contributed by atoms with Gasteiger partial charge in [-0.2, -0.15) is 0 Å². The van der Waals surface area contributed by atoms with Crippen molar-refractivity contribution in [2.24, 2.45) is 0 Å². The molecule has 1 amide bonds. The van der Waals surface area contributed by atoms with E-state index in [2.05, 4.69) is 26.0 Å². The third-order valence-corrected chi connectivity index (χ3v) is 4.70. The van der Waals surface area contributed by atoms with Gasteiger partial charge in [-0.15, -0.1) is 0 Å². The summed E-state index contributed by atoms with van der Waals surface area (Å²) in [6.45, 7) is -0.283. The van der Waals surface area contributed by atoms with Gasteiger partial charge in [-0.05, 0) is 31.0 Å². The van der Waals surface area contributed by atoms with Gasteiger partial charge in [0, 0.05) is 10.5 Å². The number of carbonyl (C=O) groups is 1. The Hall–Kier alpha value is -1.12. The van der Waals surface area contributed by atoms with Gasteiger partial charge in [0.15, 0.2) is 0 Å². The van der Waals surface area contributed by atoms with Crippen LogP contribution >= 0.6 is 15.9 Å². The summed E-state index contributed by atoms with van der Waals surface area (Å²) in [4.78, 5) is 11.5. The molecule has 0 atom stereocenters. The second-order valence-corrected chi connectivity index (χ2v) is 7.11. The fourth-order valence-electron chi connectivity index (χ4n) is 1.61. The van der Waals surface area contributed by atoms with Crippen molar-refractivity contribution in [2.75, 3.05) is 13.7 Å². The molecule has 1 saturated carbocycles. The van der Waals surface area contributed by atoms with Crippen molar-refractivity contribution in [2.45, 2.75) is 23.8 Å². The molecule has 1 aromatic carbocycles. The van der Waals surface area contributed by atoms with Gasteiger partial charge >= 0.3 is 0 Å². The van der Waals surface area contributed by atoms with Gasteiger partial charge in [-0.25, -0.2) is 13.1 Å². The van der Waals surface area contributed by atoms with E-state index in [4.69, 9.17) is 4.74 Å². The Kier molecular flexibility index (Phi) is 4.66. The van der Waals surface area contributed by atoms with Crippen LogP contribution in [0.1, 0.15) is 12.8 Å². The van der Waals surface area contributed by atoms with E-state index in [-0.39, 0.29) is 29.1 Å². The smallest absolute Gasteiger partial charge is 0.244 e. The van der Waals surface area contributed by atoms with Crippen LogP contribution in [0.2, 0.25) is 0 Å². The van der Waals surface area contributed by atoms with Crippen LogP contribution in [0.4, 0.5) is 0 Å². The molecule has 0 unspecified atom stereocenters. The Morgan fingerprint density at radius 2 is 2.15 bits per heavy atom. The lowest BCUT2D eigenvalue weighted by Crippen LogP contribution is -2.37. The number of nitrogens with one attached hydrogen (secondary N) is 2. The van der Waals surface area contributed by atoms with Gasteiger partial charge < -0.3 is 10.1 Å². The number of hydrogen-bond donors (Lipinski definition) is 2. The Balaban J connectivity index is 2.08. The van der Waals surface area contributed by atoms with Gasteiger partial charge in [-0.3, -0.25) is 4.79 Å². The molecule has 1 aromatic rings. The molecule has 20 heavy (non-hydrogen) atoms. The highest BCUT2D eigenvalue weighted by Gasteiger charge is 2.25. The molecule has 2 rings (SSSR count). The first-order valence-corrected chi connectivity index (χ1v) is 8.32. The fourth-order valence-corrected chi connectivity index (χ4v) is 3.29. The molecule has 0 aromatic heterocycles. The highest BCUT2D eigenvalue weighted by molar-refractivity contribution is 9.10. The topological polar surface area (TPSA) is 84.5 Å². The van der Waals surface area contributed by atoms with Crippen LogP contribution < -0.4 is 14.8 Å². The summed E-state index contributed by atoms with van der Waals surface area (Å²) >= 11 is 3.21. The highest BCUT2D eigenvalue weighted by Crippen LogP contribution is 2.27. The minimum absolute atomic E-state index is 0.00593. The van der Waals surface area contributed by atoms with Crippen molar-refractivity contribution < 1.29 is 17.9 Å². The molecule has 0 spiro atoms. The monoisotopic (exact) mass is 362 g/mol. The summed E-state index contributed by atoms with van der Waals surface area (Å²) in [5.74, 6) is -0.103. The minimum Gasteiger partial charge on any atom is -0.495 e. The summed E-state index contributed by atoms with van der Waals surface area (Å²) in [6, 6.07) is 4.85. The maximum atomic E-state index is 12.2. The van der Waals surface area contributed by atoms with Crippen LogP contribution in [0.5, 0.6) is 5.75 Å². The molecule has 1 fully saturated rings. The van der Waals surface area contributed by atoms with Crippen LogP contribution in [0, 0.1) is 0 Å². The van der Waals surface area contributed by atoms with Crippen molar-refractivity contribution >= 4 is 31.9 Å². The molecule has 2 N–H and O–H groups in total. The van der Waals surface area contributed by atoms with E-state index >= 15 is 0 Å². The first-order valence-electron chi connectivity index (χ1n) is 6.05. The molecule has 8 heteroatoms. The Morgan fingerprint density at radius 1 is 1.45 bits per heavy atom. The van der Waals surface area contributed by atoms with Crippen molar-refractivity contribution in [1.82, 2.24) is 10.0 Å². The minimum atomic E-state index is -3.80. The lowest BCUT2D eigenvalue weighted by molar-refractivity contribution is -0.120. The average molecular weight is 363 g/mol. The molecule has 110 valence electrons. The van der Waals surface area contributed by atoms with Gasteiger partial charge in [-0.1, -0.05) is 15.9 Å². The summed E-state index contributed by atoms with van der Waals surface area (Å²) in [6.07, 6.45) is 1.91. The molecular formula is C12H15BrN2O4S. The van der Waals surface area contributed by atoms with Crippen LogP contribution in [0.3, 0.4) is 0 Å². The molecule has 0 bridgehead atoms. The van der Waals surface area contributed by atoms with Gasteiger partial charge in [0.2, 0.25) is 15.9 Å². The number of methoxy groups -OCH3 is 1. The standard InChI is InChI=1S/C12H15BrN2O4S/c1-19-10-5-2-8(13)6-11(10)20(17,18)14-7-12(16)15-9-3-4-9/h2,5-6,9,14H,3-4,7H2,1H3,(H,15,16). The predicted molar refractivity (Wildman–Crippen MR) is 77.0 cm³/mol. The maximum Gasteiger partial charge on any atom is 0.244 e. The number of carbonyl (C=O) groups excluding carboxylic acids is 1. The first-order chi connectivity index (χ1) is 9.42. The van der Waals surface area contributed by atoms with Crippen LogP contribution in [0.15, 0.2) is 27.6 Å². The number of ether oxygens (including phenoxy) is 1. The van der Waals surface area contributed by atoms with Crippen molar-refractivity contribution in [3.63, 3.8) is 0 Å². The first kappa shape index (κ1) is 15.3. The van der Waals surface area contributed by atoms with Gasteiger partial charge in [0.05, 0.1) is 13.7 Å². The summed E-state index contributed by atoms with van der Waals surface area (Å²) in [5, 5.41) is 2.71. The van der Waals surface area contributed by atoms with E-state index in [0.717, 1.165) is 12.8 Å². The van der Waals surface area contributed by atoms with Crippen LogP contribution in [-0.4, -0.2) is 34.0 Å².